The summed E-state index contributed by atoms with van der Waals surface area (Å²) in [6.45, 7) is 6.46. The fourth-order valence-corrected chi connectivity index (χ4v) is 4.54. The molecule has 0 aromatic heterocycles. The minimum absolute atomic E-state index is 0.182. The molecule has 0 saturated carbocycles. The molecule has 0 aliphatic carbocycles. The molecular formula is C24H32N4O6. The predicted molar refractivity (Wildman–Crippen MR) is 124 cm³/mol. The molecule has 3 rings (SSSR count). The van der Waals surface area contributed by atoms with Crippen LogP contribution in [0.4, 0.5) is 5.69 Å². The van der Waals surface area contributed by atoms with E-state index in [1.807, 2.05) is 18.2 Å². The highest BCUT2D eigenvalue weighted by molar-refractivity contribution is 6.08. The maximum atomic E-state index is 13.7. The van der Waals surface area contributed by atoms with Crippen LogP contribution in [0.5, 0.6) is 0 Å². The van der Waals surface area contributed by atoms with Gasteiger partial charge in [-0.05, 0) is 36.8 Å². The van der Waals surface area contributed by atoms with Crippen LogP contribution in [0.15, 0.2) is 18.2 Å². The van der Waals surface area contributed by atoms with Gasteiger partial charge in [0.15, 0.2) is 0 Å². The van der Waals surface area contributed by atoms with Crippen LogP contribution in [0.1, 0.15) is 45.2 Å². The molecule has 0 radical (unpaired) electrons. The first kappa shape index (κ1) is 25.2. The van der Waals surface area contributed by atoms with Crippen molar-refractivity contribution < 1.29 is 28.7 Å². The Morgan fingerprint density at radius 2 is 1.76 bits per heavy atom. The zero-order valence-electron chi connectivity index (χ0n) is 20.1. The fraction of sp³-hybridized carbons (Fsp3) is 0.542. The van der Waals surface area contributed by atoms with Crippen LogP contribution in [-0.2, 0) is 41.6 Å². The summed E-state index contributed by atoms with van der Waals surface area (Å²) in [4.78, 5) is 64.5. The summed E-state index contributed by atoms with van der Waals surface area (Å²) in [5.74, 6) is -2.43. The summed E-state index contributed by atoms with van der Waals surface area (Å²) in [7, 11) is 1.24. The van der Waals surface area contributed by atoms with E-state index in [1.165, 1.54) is 25.9 Å². The molecule has 1 aromatic carbocycles. The summed E-state index contributed by atoms with van der Waals surface area (Å²) < 4.78 is 4.68. The second kappa shape index (κ2) is 10.2. The zero-order valence-corrected chi connectivity index (χ0v) is 20.1. The number of aryl methyl sites for hydroxylation is 1. The van der Waals surface area contributed by atoms with Crippen LogP contribution >= 0.6 is 0 Å². The second-order valence-corrected chi connectivity index (χ2v) is 9.13. The topological polar surface area (TPSA) is 134 Å². The molecule has 0 bridgehead atoms. The van der Waals surface area contributed by atoms with E-state index in [0.29, 0.717) is 24.9 Å². The molecule has 2 heterocycles. The third kappa shape index (κ3) is 5.05. The Morgan fingerprint density at radius 1 is 1.09 bits per heavy atom. The molecule has 0 fully saturated rings. The van der Waals surface area contributed by atoms with Crippen LogP contribution in [0.3, 0.4) is 0 Å². The van der Waals surface area contributed by atoms with Gasteiger partial charge in [0.1, 0.15) is 24.2 Å². The van der Waals surface area contributed by atoms with Crippen LogP contribution in [0.25, 0.3) is 0 Å². The number of benzene rings is 1. The molecule has 0 unspecified atom stereocenters. The Hall–Kier alpha value is -3.43. The lowest BCUT2D eigenvalue weighted by atomic mass is 10.00. The van der Waals surface area contributed by atoms with Gasteiger partial charge in [0.05, 0.1) is 12.8 Å². The van der Waals surface area contributed by atoms with Crippen molar-refractivity contribution in [3.8, 4) is 0 Å². The Morgan fingerprint density at radius 3 is 2.38 bits per heavy atom. The molecule has 1 aromatic rings. The third-order valence-electron chi connectivity index (χ3n) is 6.25. The zero-order chi connectivity index (χ0) is 25.2. The molecule has 34 heavy (non-hydrogen) atoms. The first-order valence-electron chi connectivity index (χ1n) is 11.4. The number of amides is 4. The molecule has 2 aliphatic rings. The van der Waals surface area contributed by atoms with Gasteiger partial charge in [-0.1, -0.05) is 32.0 Å². The largest absolute Gasteiger partial charge is 0.467 e. The molecule has 184 valence electrons. The summed E-state index contributed by atoms with van der Waals surface area (Å²) in [5, 5.41) is 8.05. The minimum Gasteiger partial charge on any atom is -0.467 e. The van der Waals surface area contributed by atoms with Crippen LogP contribution in [0, 0.1) is 5.92 Å². The summed E-state index contributed by atoms with van der Waals surface area (Å²) in [5.41, 5.74) is 2.47. The second-order valence-electron chi connectivity index (χ2n) is 9.13. The van der Waals surface area contributed by atoms with Gasteiger partial charge >= 0.3 is 5.97 Å². The van der Waals surface area contributed by atoms with Crippen LogP contribution < -0.4 is 20.9 Å². The van der Waals surface area contributed by atoms with Gasteiger partial charge in [0.25, 0.3) is 0 Å². The average molecular weight is 473 g/mol. The quantitative estimate of drug-likeness (QED) is 0.486. The number of methoxy groups -OCH3 is 1. The number of ether oxygens (including phenoxy) is 1. The molecule has 0 spiro atoms. The monoisotopic (exact) mass is 472 g/mol. The van der Waals surface area contributed by atoms with Crippen molar-refractivity contribution in [2.45, 2.75) is 71.1 Å². The van der Waals surface area contributed by atoms with E-state index in [4.69, 9.17) is 0 Å². The van der Waals surface area contributed by atoms with Gasteiger partial charge in [0, 0.05) is 13.3 Å². The van der Waals surface area contributed by atoms with Gasteiger partial charge in [-0.25, -0.2) is 4.79 Å². The number of hydrogen-bond donors (Lipinski definition) is 3. The molecule has 2 aliphatic heterocycles. The smallest absolute Gasteiger partial charge is 0.328 e. The van der Waals surface area contributed by atoms with Crippen LogP contribution in [-0.4, -0.2) is 60.9 Å². The number of para-hydroxylation sites is 1. The van der Waals surface area contributed by atoms with Gasteiger partial charge in [-0.2, -0.15) is 0 Å². The third-order valence-corrected chi connectivity index (χ3v) is 6.25. The standard InChI is InChI=1S/C24H32N4O6/c1-12(2)19(26-14(4)29)22(31)27-17-10-9-15-7-6-8-16-11-18(28(20(15)16)23(17)32)21(30)25-13(3)24(33)34-5/h6-8,12-13,17-19H,9-11H2,1-5H3,(H,25,30)(H,26,29)(H,27,31)/t13-,17+,18+,19+/m1/s1. The van der Waals surface area contributed by atoms with Crippen molar-refractivity contribution in [2.24, 2.45) is 5.92 Å². The maximum Gasteiger partial charge on any atom is 0.328 e. The van der Waals surface area contributed by atoms with Crippen molar-refractivity contribution in [3.63, 3.8) is 0 Å². The van der Waals surface area contributed by atoms with Gasteiger partial charge in [-0.3, -0.25) is 24.1 Å². The van der Waals surface area contributed by atoms with Crippen molar-refractivity contribution in [2.75, 3.05) is 12.0 Å². The lowest BCUT2D eigenvalue weighted by molar-refractivity contribution is -0.144. The number of anilines is 1. The molecular weight excluding hydrogens is 440 g/mol. The predicted octanol–water partition coefficient (Wildman–Crippen LogP) is 0.214. The first-order chi connectivity index (χ1) is 16.0. The number of nitrogens with zero attached hydrogens (tertiary/aromatic N) is 1. The molecule has 0 saturated heterocycles. The maximum absolute atomic E-state index is 13.7. The van der Waals surface area contributed by atoms with E-state index in [1.54, 1.807) is 13.8 Å². The summed E-state index contributed by atoms with van der Waals surface area (Å²) in [6, 6.07) is 2.29. The number of esters is 1. The Kier molecular flexibility index (Phi) is 7.58. The lowest BCUT2D eigenvalue weighted by Gasteiger charge is -2.29. The van der Waals surface area contributed by atoms with Crippen molar-refractivity contribution >= 4 is 35.3 Å². The number of rotatable bonds is 7. The van der Waals surface area contributed by atoms with E-state index < -0.39 is 47.9 Å². The first-order valence-corrected chi connectivity index (χ1v) is 11.4. The number of carbonyl (C=O) groups is 5. The molecule has 3 N–H and O–H groups in total. The van der Waals surface area contributed by atoms with E-state index in [-0.39, 0.29) is 11.8 Å². The molecule has 10 nitrogen and oxygen atoms in total. The minimum atomic E-state index is -0.872. The van der Waals surface area contributed by atoms with Gasteiger partial charge in [0.2, 0.25) is 23.6 Å². The normalized spacial score (nSPS) is 20.6. The number of nitrogens with one attached hydrogen (secondary N) is 3. The average Bonchev–Trinajstić information content (AvgIpc) is 3.12. The van der Waals surface area contributed by atoms with Crippen LogP contribution in [0.2, 0.25) is 0 Å². The highest BCUT2D eigenvalue weighted by atomic mass is 16.5. The van der Waals surface area contributed by atoms with E-state index in [2.05, 4.69) is 20.7 Å². The Labute approximate surface area is 198 Å². The summed E-state index contributed by atoms with van der Waals surface area (Å²) >= 11 is 0. The highest BCUT2D eigenvalue weighted by Gasteiger charge is 2.44. The van der Waals surface area contributed by atoms with E-state index >= 15 is 0 Å². The Bertz CT molecular complexity index is 1010. The molecule has 10 heteroatoms. The lowest BCUT2D eigenvalue weighted by Crippen LogP contribution is -2.58. The highest BCUT2D eigenvalue weighted by Crippen LogP contribution is 2.39. The number of hydrogen-bond acceptors (Lipinski definition) is 6. The van der Waals surface area contributed by atoms with Gasteiger partial charge < -0.3 is 20.7 Å². The molecule has 4 atom stereocenters. The number of carbonyl (C=O) groups excluding carboxylic acids is 5. The summed E-state index contributed by atoms with van der Waals surface area (Å²) in [6.07, 6.45) is 1.20. The Balaban J connectivity index is 1.87. The van der Waals surface area contributed by atoms with E-state index in [9.17, 15) is 24.0 Å². The fourth-order valence-electron chi connectivity index (χ4n) is 4.54. The van der Waals surface area contributed by atoms with E-state index in [0.717, 1.165) is 11.1 Å². The molecule has 4 amide bonds. The van der Waals surface area contributed by atoms with Crippen molar-refractivity contribution in [3.05, 3.63) is 29.3 Å². The van der Waals surface area contributed by atoms with Gasteiger partial charge in [-0.15, -0.1) is 0 Å². The van der Waals surface area contributed by atoms with Crippen molar-refractivity contribution in [1.82, 2.24) is 16.0 Å². The van der Waals surface area contributed by atoms with Crippen molar-refractivity contribution in [1.29, 1.82) is 0 Å². The SMILES string of the molecule is COC(=O)[C@@H](C)NC(=O)[C@@H]1Cc2cccc3c2N1C(=O)[C@@H](NC(=O)[C@@H](NC(C)=O)C(C)C)CC3.